The number of ether oxygens (including phenoxy) is 7. The molecule has 6 aliphatic rings. The third kappa shape index (κ3) is 17.7. The van der Waals surface area contributed by atoms with Gasteiger partial charge in [0.05, 0.1) is 47.0 Å². The fourth-order valence-corrected chi connectivity index (χ4v) is 15.4. The highest BCUT2D eigenvalue weighted by Gasteiger charge is 2.53. The van der Waals surface area contributed by atoms with Gasteiger partial charge in [-0.05, 0) is 136 Å². The van der Waals surface area contributed by atoms with E-state index in [1.165, 1.54) is 35.3 Å². The van der Waals surface area contributed by atoms with Crippen molar-refractivity contribution in [2.24, 2.45) is 20.0 Å². The van der Waals surface area contributed by atoms with E-state index in [0.29, 0.717) is 62.1 Å². The summed E-state index contributed by atoms with van der Waals surface area (Å²) < 4.78 is 39.9. The number of carbonyl (C=O) groups excluding carboxylic acids is 4. The fourth-order valence-electron chi connectivity index (χ4n) is 11.0. The minimum atomic E-state index is -0.808. The quantitative estimate of drug-likeness (QED) is 0.0814. The molecule has 5 aromatic rings. The second kappa shape index (κ2) is 28.9. The normalized spacial score (nSPS) is 23.3. The number of imide groups is 1. The van der Waals surface area contributed by atoms with Crippen LogP contribution in [0, 0.1) is 0 Å². The van der Waals surface area contributed by atoms with Crippen LogP contribution in [0.4, 0.5) is 30.6 Å². The Morgan fingerprint density at radius 1 is 0.522 bits per heavy atom. The second-order valence-corrected chi connectivity index (χ2v) is 31.2. The number of nitrogens with zero attached hydrogens (tertiary/aromatic N) is 5. The molecule has 11 rings (SSSR count). The molecule has 0 spiro atoms. The first-order valence-electron chi connectivity index (χ1n) is 30.6. The molecule has 23 heteroatoms. The molecule has 4 amide bonds. The van der Waals surface area contributed by atoms with Gasteiger partial charge in [0.1, 0.15) is 39.0 Å². The van der Waals surface area contributed by atoms with E-state index < -0.39 is 63.4 Å². The Hall–Kier alpha value is -6.73. The summed E-state index contributed by atoms with van der Waals surface area (Å²) in [7, 11) is 0. The van der Waals surface area contributed by atoms with Crippen molar-refractivity contribution < 1.29 is 52.3 Å². The van der Waals surface area contributed by atoms with Crippen LogP contribution < -0.4 is 16.4 Å². The molecule has 92 heavy (non-hydrogen) atoms. The van der Waals surface area contributed by atoms with Gasteiger partial charge in [0, 0.05) is 60.4 Å². The van der Waals surface area contributed by atoms with Gasteiger partial charge in [-0.2, -0.15) is 4.90 Å². The Morgan fingerprint density at radius 3 is 1.36 bits per heavy atom. The van der Waals surface area contributed by atoms with Gasteiger partial charge in [0.2, 0.25) is 0 Å². The zero-order chi connectivity index (χ0) is 66.3. The molecule has 19 nitrogen and oxygen atoms in total. The topological polar surface area (TPSA) is 236 Å². The number of rotatable bonds is 6. The molecule has 0 aliphatic carbocycles. The predicted molar refractivity (Wildman–Crippen MR) is 370 cm³/mol. The average molecular weight is 1380 g/mol. The van der Waals surface area contributed by atoms with Crippen molar-refractivity contribution in [3.63, 3.8) is 0 Å². The van der Waals surface area contributed by atoms with Gasteiger partial charge in [-0.15, -0.1) is 0 Å². The summed E-state index contributed by atoms with van der Waals surface area (Å²) in [6.45, 7) is 24.9. The number of halogens is 1. The summed E-state index contributed by atoms with van der Waals surface area (Å²) in [6.07, 6.45) is -0.483. The van der Waals surface area contributed by atoms with E-state index in [9.17, 15) is 19.2 Å². The van der Waals surface area contributed by atoms with Crippen LogP contribution in [0.3, 0.4) is 0 Å². The molecular weight excluding hydrogens is 1290 g/mol. The van der Waals surface area contributed by atoms with E-state index in [1.807, 2.05) is 139 Å². The first-order valence-corrected chi connectivity index (χ1v) is 34.1. The second-order valence-electron chi connectivity index (χ2n) is 26.7. The lowest BCUT2D eigenvalue weighted by Gasteiger charge is -2.36. The maximum atomic E-state index is 13.0. The van der Waals surface area contributed by atoms with Crippen LogP contribution in [0.5, 0.6) is 0 Å². The predicted octanol–water partition coefficient (Wildman–Crippen LogP) is 15.1. The van der Waals surface area contributed by atoms with E-state index in [-0.39, 0.29) is 20.9 Å². The van der Waals surface area contributed by atoms with Gasteiger partial charge in [-0.1, -0.05) is 148 Å². The monoisotopic (exact) mass is 1370 g/mol. The van der Waals surface area contributed by atoms with E-state index in [2.05, 4.69) is 63.0 Å². The van der Waals surface area contributed by atoms with Crippen molar-refractivity contribution in [2.45, 2.75) is 157 Å². The van der Waals surface area contributed by atoms with E-state index in [0.717, 1.165) is 61.4 Å². The van der Waals surface area contributed by atoms with Crippen molar-refractivity contribution in [2.75, 3.05) is 45.4 Å². The SMILES string of the molecule is CC(C)(C)OC(=O)N(C(=O)OC(C)(C)C)C1=N[C@@]2(c3cccc(Br)c3)CCOC[C@H]2S1.CC(C)(C)OC(=O)NC1=N[C@@]2(c3cccc(N)c3)CCOC[C@H]2S1.CC(C)(C)OC(=O)NC1=N[C@@]2(c3cccc(N=C(c4ccccc4)c4ccccc4)c3)CCOC[C@H]2S1. The van der Waals surface area contributed by atoms with Gasteiger partial charge in [0.15, 0.2) is 15.5 Å². The van der Waals surface area contributed by atoms with Crippen molar-refractivity contribution in [3.8, 4) is 0 Å². The molecule has 3 saturated heterocycles. The highest BCUT2D eigenvalue weighted by molar-refractivity contribution is 9.10. The van der Waals surface area contributed by atoms with Crippen LogP contribution >= 0.6 is 51.2 Å². The van der Waals surface area contributed by atoms with E-state index >= 15 is 0 Å². The third-order valence-corrected chi connectivity index (χ3v) is 19.1. The number of hydrogen-bond donors (Lipinski definition) is 3. The number of carbonyl (C=O) groups is 4. The molecule has 5 aromatic carbocycles. The van der Waals surface area contributed by atoms with E-state index in [4.69, 9.17) is 58.9 Å². The van der Waals surface area contributed by atoms with Crippen molar-refractivity contribution in [1.82, 2.24) is 15.5 Å². The van der Waals surface area contributed by atoms with Crippen LogP contribution in [0.2, 0.25) is 0 Å². The molecule has 0 bridgehead atoms. The number of amidine groups is 3. The minimum Gasteiger partial charge on any atom is -0.444 e. The van der Waals surface area contributed by atoms with Crippen LogP contribution in [-0.2, 0) is 49.8 Å². The molecule has 3 fully saturated rings. The van der Waals surface area contributed by atoms with E-state index in [1.54, 1.807) is 41.5 Å². The minimum absolute atomic E-state index is 0.0492. The molecule has 490 valence electrons. The number of nitrogens with one attached hydrogen (secondary N) is 2. The van der Waals surface area contributed by atoms with Crippen molar-refractivity contribution >= 4 is 108 Å². The number of alkyl carbamates (subject to hydrolysis) is 2. The summed E-state index contributed by atoms with van der Waals surface area (Å²) >= 11 is 7.93. The smallest absolute Gasteiger partial charge is 0.426 e. The summed E-state index contributed by atoms with van der Waals surface area (Å²) in [6, 6.07) is 44.5. The first-order chi connectivity index (χ1) is 43.4. The highest BCUT2D eigenvalue weighted by Crippen LogP contribution is 2.51. The lowest BCUT2D eigenvalue weighted by atomic mass is 9.83. The van der Waals surface area contributed by atoms with Crippen LogP contribution in [-0.4, -0.2) is 128 Å². The molecular formula is C69H83BrN8O11S3. The Balaban J connectivity index is 0.000000167. The number of aliphatic imine (C=N–C) groups is 4. The average Bonchev–Trinajstić information content (AvgIpc) is 1.71. The number of fused-ring (bicyclic) bond motifs is 3. The standard InChI is InChI=1S/C30H31N3O3S.C22H29BrN2O5S.C17H23N3O3S/c1-29(2,3)36-28(34)32-27-33-30(17-18-35-20-25(30)37-27)23-15-10-16-24(19-23)31-26(21-11-6-4-7-12-21)22-13-8-5-9-14-22;1-20(2,3)29-18(26)25(19(27)30-21(4,5)6)17-24-22(10-11-28-13-16(22)31-17)14-8-7-9-15(23)12-14;1-16(2,3)23-15(21)19-14-20-17(7-8-22-10-13(17)24-14)11-5-4-6-12(18)9-11/h4-16,19,25H,17-18,20H2,1-3H3,(H,32,33,34);7-9,12,16H,10-11,13H2,1-6H3;4-6,9,13H,7-8,10,18H2,1-3H3,(H,19,20,21)/t25-,30-;16-,22-;13-,17-/m111/s1. The summed E-state index contributed by atoms with van der Waals surface area (Å²) in [5.41, 5.74) is 9.46. The largest absolute Gasteiger partial charge is 0.444 e. The molecule has 0 saturated carbocycles. The number of amides is 4. The molecule has 0 unspecified atom stereocenters. The first kappa shape index (κ1) is 69.6. The molecule has 6 atom stereocenters. The molecule has 6 aliphatic heterocycles. The molecule has 4 N–H and O–H groups in total. The van der Waals surface area contributed by atoms with Gasteiger partial charge in [0.25, 0.3) is 0 Å². The number of nitrogens with two attached hydrogens (primary N) is 1. The number of benzene rings is 5. The lowest BCUT2D eigenvalue weighted by Crippen LogP contribution is -2.45. The Bertz CT molecular complexity index is 3540. The van der Waals surface area contributed by atoms with Gasteiger partial charge in [-0.3, -0.25) is 10.6 Å². The summed E-state index contributed by atoms with van der Waals surface area (Å²) in [5.74, 6) is 0. The third-order valence-electron chi connectivity index (χ3n) is 14.9. The Kier molecular flexibility index (Phi) is 21.8. The van der Waals surface area contributed by atoms with Gasteiger partial charge in [-0.25, -0.2) is 39.1 Å². The summed E-state index contributed by atoms with van der Waals surface area (Å²) in [5, 5.41) is 7.08. The lowest BCUT2D eigenvalue weighted by molar-refractivity contribution is 0.0150. The maximum Gasteiger partial charge on any atom is 0.426 e. The van der Waals surface area contributed by atoms with Gasteiger partial charge < -0.3 is 38.9 Å². The number of nitrogen functional groups attached to an aromatic ring is 1. The van der Waals surface area contributed by atoms with Crippen LogP contribution in [0.25, 0.3) is 0 Å². The summed E-state index contributed by atoms with van der Waals surface area (Å²) in [4.78, 5) is 71.5. The molecule has 6 heterocycles. The number of hydrogen-bond acceptors (Lipinski definition) is 19. The molecule has 0 aromatic heterocycles. The molecule has 0 radical (unpaired) electrons. The zero-order valence-corrected chi connectivity index (χ0v) is 58.2. The number of anilines is 1. The van der Waals surface area contributed by atoms with Crippen LogP contribution in [0.1, 0.15) is 130 Å². The number of thioether (sulfide) groups is 3. The van der Waals surface area contributed by atoms with Crippen molar-refractivity contribution in [3.05, 3.63) is 166 Å². The fraction of sp³-hybridized carbons (Fsp3) is 0.449. The van der Waals surface area contributed by atoms with Crippen LogP contribution in [0.15, 0.2) is 158 Å². The van der Waals surface area contributed by atoms with Gasteiger partial charge >= 0.3 is 24.4 Å². The zero-order valence-electron chi connectivity index (χ0n) is 54.2. The Morgan fingerprint density at radius 2 is 0.924 bits per heavy atom. The highest BCUT2D eigenvalue weighted by atomic mass is 79.9. The Labute approximate surface area is 560 Å². The maximum absolute atomic E-state index is 13.0. The van der Waals surface area contributed by atoms with Crippen molar-refractivity contribution in [1.29, 1.82) is 0 Å².